The molecule has 0 saturated carbocycles. The number of hydrogen-bond acceptors (Lipinski definition) is 6. The summed E-state index contributed by atoms with van der Waals surface area (Å²) in [6, 6.07) is 8.86. The molecule has 10 nitrogen and oxygen atoms in total. The van der Waals surface area contributed by atoms with Crippen molar-refractivity contribution in [3.63, 3.8) is 0 Å². The molecule has 2 aromatic carbocycles. The van der Waals surface area contributed by atoms with Gasteiger partial charge < -0.3 is 26.4 Å². The molecule has 3 amide bonds. The van der Waals surface area contributed by atoms with Gasteiger partial charge >= 0.3 is 5.97 Å². The highest BCUT2D eigenvalue weighted by Crippen LogP contribution is 2.50. The number of benzene rings is 2. The van der Waals surface area contributed by atoms with Gasteiger partial charge in [0.1, 0.15) is 35.9 Å². The van der Waals surface area contributed by atoms with E-state index < -0.39 is 51.9 Å². The molecule has 206 valence electrons. The lowest BCUT2D eigenvalue weighted by Crippen LogP contribution is -2.71. The minimum atomic E-state index is -1.12. The Morgan fingerprint density at radius 3 is 2.41 bits per heavy atom. The number of thioether (sulfide) groups is 1. The fourth-order valence-electron chi connectivity index (χ4n) is 4.49. The van der Waals surface area contributed by atoms with Gasteiger partial charge in [0.25, 0.3) is 0 Å². The highest BCUT2D eigenvalue weighted by Gasteiger charge is 2.64. The van der Waals surface area contributed by atoms with E-state index in [1.54, 1.807) is 56.3 Å². The van der Waals surface area contributed by atoms with E-state index in [4.69, 9.17) is 17.3 Å². The quantitative estimate of drug-likeness (QED) is 0.143. The first kappa shape index (κ1) is 29.4. The second-order valence-corrected chi connectivity index (χ2v) is 13.3. The lowest BCUT2D eigenvalue weighted by atomic mass is 9.95. The summed E-state index contributed by atoms with van der Waals surface area (Å²) in [5, 5.41) is 14.9. The van der Waals surface area contributed by atoms with Gasteiger partial charge in [-0.25, -0.2) is 4.79 Å². The summed E-state index contributed by atoms with van der Waals surface area (Å²) in [4.78, 5) is 56.2. The lowest BCUT2D eigenvalue weighted by Gasteiger charge is -2.44. The molecule has 2 aliphatic rings. The summed E-state index contributed by atoms with van der Waals surface area (Å²) in [5.74, 6) is -2.65. The van der Waals surface area contributed by atoms with E-state index in [1.807, 2.05) is 0 Å². The predicted octanol–water partition coefficient (Wildman–Crippen LogP) is 3.06. The van der Waals surface area contributed by atoms with Crippen molar-refractivity contribution < 1.29 is 24.3 Å². The summed E-state index contributed by atoms with van der Waals surface area (Å²) in [5.41, 5.74) is 7.10. The maximum Gasteiger partial charge on any atom is 0.327 e. The van der Waals surface area contributed by atoms with Crippen LogP contribution in [-0.4, -0.2) is 68.3 Å². The topological polar surface area (TPSA) is 154 Å². The van der Waals surface area contributed by atoms with Crippen molar-refractivity contribution in [3.8, 4) is 0 Å². The molecule has 39 heavy (non-hydrogen) atoms. The van der Waals surface area contributed by atoms with Crippen LogP contribution in [0, 0.1) is 0 Å². The molecular formula is C25H24Br2ClN5O5S. The van der Waals surface area contributed by atoms with Crippen LogP contribution < -0.4 is 16.4 Å². The molecule has 0 spiro atoms. The van der Waals surface area contributed by atoms with Crippen LogP contribution in [-0.2, 0) is 19.2 Å². The Bertz CT molecular complexity index is 1350. The third-order valence-corrected chi connectivity index (χ3v) is 10.0. The molecule has 0 aliphatic carbocycles. The van der Waals surface area contributed by atoms with Crippen LogP contribution in [0.5, 0.6) is 0 Å². The van der Waals surface area contributed by atoms with E-state index in [0.29, 0.717) is 25.1 Å². The number of amidine groups is 1. The van der Waals surface area contributed by atoms with Gasteiger partial charge in [-0.05, 0) is 63.4 Å². The van der Waals surface area contributed by atoms with Gasteiger partial charge in [0, 0.05) is 19.3 Å². The summed E-state index contributed by atoms with van der Waals surface area (Å²) < 4.78 is 0.463. The number of β-lactam (4-membered cyclic amide) rings is 1. The summed E-state index contributed by atoms with van der Waals surface area (Å²) >= 11 is 14.1. The third kappa shape index (κ3) is 5.96. The van der Waals surface area contributed by atoms with Crippen LogP contribution >= 0.6 is 55.2 Å². The molecule has 2 aromatic rings. The predicted molar refractivity (Wildman–Crippen MR) is 155 cm³/mol. The first-order valence-electron chi connectivity index (χ1n) is 11.6. The Morgan fingerprint density at radius 1 is 1.21 bits per heavy atom. The Balaban J connectivity index is 1.47. The van der Waals surface area contributed by atoms with Crippen molar-refractivity contribution >= 4 is 84.7 Å². The number of hydrogen-bond donors (Lipinski definition) is 4. The van der Waals surface area contributed by atoms with Crippen molar-refractivity contribution in [2.75, 3.05) is 6.54 Å². The van der Waals surface area contributed by atoms with E-state index in [1.165, 1.54) is 16.7 Å². The standard InChI is InChI=1S/C25H24Br2ClN5O5S/c1-25(2)19(24(37)38)33-22(36)18(23(33)39-25)32-21(35)17(11-6-4-3-5-7-11)31-15(34)10-30-20(29)12-8-13(26)16(28)14(27)9-12/h3-9,17-19,23H,10H2,1-2H3,(H2,29,30)(H,31,34)(H,32,35)(H,37,38)/t17?,18?,19-,23+/m0/s1. The summed E-state index contributed by atoms with van der Waals surface area (Å²) in [6.07, 6.45) is 0. The highest BCUT2D eigenvalue weighted by atomic mass is 79.9. The largest absolute Gasteiger partial charge is 0.480 e. The number of carbonyl (C=O) groups is 4. The maximum atomic E-state index is 13.4. The number of halogens is 3. The number of amides is 3. The molecule has 2 heterocycles. The molecule has 14 heteroatoms. The molecule has 0 aromatic heterocycles. The Kier molecular flexibility index (Phi) is 8.64. The van der Waals surface area contributed by atoms with Gasteiger partial charge in [-0.3, -0.25) is 19.4 Å². The zero-order valence-corrected chi connectivity index (χ0v) is 25.4. The zero-order valence-electron chi connectivity index (χ0n) is 20.7. The average Bonchev–Trinajstić information content (AvgIpc) is 3.15. The van der Waals surface area contributed by atoms with Crippen molar-refractivity contribution in [3.05, 3.63) is 67.6 Å². The normalized spacial score (nSPS) is 22.5. The molecule has 2 saturated heterocycles. The maximum absolute atomic E-state index is 13.4. The second kappa shape index (κ2) is 11.5. The van der Waals surface area contributed by atoms with E-state index >= 15 is 0 Å². The molecular weight excluding hydrogens is 678 g/mol. The molecule has 0 radical (unpaired) electrons. The third-order valence-electron chi connectivity index (χ3n) is 6.35. The van der Waals surface area contributed by atoms with Crippen molar-refractivity contribution in [1.29, 1.82) is 0 Å². The number of aliphatic carboxylic acids is 1. The van der Waals surface area contributed by atoms with Crippen molar-refractivity contribution in [1.82, 2.24) is 15.5 Å². The zero-order chi connectivity index (χ0) is 28.6. The van der Waals surface area contributed by atoms with E-state index in [-0.39, 0.29) is 12.4 Å². The van der Waals surface area contributed by atoms with Crippen LogP contribution in [0.4, 0.5) is 0 Å². The van der Waals surface area contributed by atoms with Crippen molar-refractivity contribution in [2.24, 2.45) is 10.7 Å². The minimum Gasteiger partial charge on any atom is -0.480 e. The Hall–Kier alpha value is -2.61. The van der Waals surface area contributed by atoms with Crippen LogP contribution in [0.2, 0.25) is 5.02 Å². The smallest absolute Gasteiger partial charge is 0.327 e. The number of nitrogens with two attached hydrogens (primary N) is 1. The molecule has 5 N–H and O–H groups in total. The fraction of sp³-hybridized carbons (Fsp3) is 0.320. The van der Waals surface area contributed by atoms with Crippen LogP contribution in [0.3, 0.4) is 0 Å². The number of aliphatic imine (C=N–C) groups is 1. The molecule has 4 atom stereocenters. The molecule has 2 aliphatic heterocycles. The molecule has 2 unspecified atom stereocenters. The summed E-state index contributed by atoms with van der Waals surface area (Å²) in [7, 11) is 0. The molecule has 4 rings (SSSR count). The molecule has 0 bridgehead atoms. The highest BCUT2D eigenvalue weighted by molar-refractivity contribution is 9.11. The first-order valence-corrected chi connectivity index (χ1v) is 14.5. The van der Waals surface area contributed by atoms with Gasteiger partial charge in [0.15, 0.2) is 0 Å². The number of fused-ring (bicyclic) bond motifs is 1. The lowest BCUT2D eigenvalue weighted by molar-refractivity contribution is -0.161. The monoisotopic (exact) mass is 699 g/mol. The van der Waals surface area contributed by atoms with Gasteiger partial charge in [-0.1, -0.05) is 41.9 Å². The SMILES string of the molecule is CC1(C)S[C@@H]2C(NC(=O)C(NC(=O)CN=C(N)c3cc(Br)c(Cl)c(Br)c3)c3ccccc3)C(=O)N2[C@H]1C(=O)O. The van der Waals surface area contributed by atoms with Crippen LogP contribution in [0.25, 0.3) is 0 Å². The number of rotatable bonds is 8. The number of carboxylic acid groups (broad SMARTS) is 1. The van der Waals surface area contributed by atoms with E-state index in [0.717, 1.165) is 0 Å². The van der Waals surface area contributed by atoms with Crippen LogP contribution in [0.1, 0.15) is 31.0 Å². The molecule has 2 fully saturated rings. The Morgan fingerprint density at radius 2 is 1.82 bits per heavy atom. The van der Waals surface area contributed by atoms with Gasteiger partial charge in [0.05, 0.1) is 5.02 Å². The van der Waals surface area contributed by atoms with Gasteiger partial charge in [-0.2, -0.15) is 0 Å². The minimum absolute atomic E-state index is 0.0953. The van der Waals surface area contributed by atoms with Gasteiger partial charge in [0.2, 0.25) is 17.7 Å². The first-order chi connectivity index (χ1) is 18.3. The van der Waals surface area contributed by atoms with E-state index in [2.05, 4.69) is 47.5 Å². The average molecular weight is 702 g/mol. The number of nitrogens with one attached hydrogen (secondary N) is 2. The number of carbonyl (C=O) groups excluding carboxylic acids is 3. The van der Waals surface area contributed by atoms with E-state index in [9.17, 15) is 24.3 Å². The Labute approximate surface area is 250 Å². The number of carboxylic acids is 1. The van der Waals surface area contributed by atoms with Gasteiger partial charge in [-0.15, -0.1) is 11.8 Å². The second-order valence-electron chi connectivity index (χ2n) is 9.45. The van der Waals surface area contributed by atoms with Crippen molar-refractivity contribution in [2.45, 2.75) is 42.1 Å². The van der Waals surface area contributed by atoms with Crippen LogP contribution in [0.15, 0.2) is 56.4 Å². The summed E-state index contributed by atoms with van der Waals surface area (Å²) in [6.45, 7) is 3.15. The fourth-order valence-corrected chi connectivity index (χ4v) is 7.41. The number of nitrogens with zero attached hydrogens (tertiary/aromatic N) is 2.